The van der Waals surface area contributed by atoms with E-state index in [1.165, 1.54) is 16.4 Å². The standard InChI is InChI=1S/C7H4Cl3IN2O/c8-1-4(9)2-13-3-12-6(10)5(11)7(13)14/h1,3H,2H2/b4-1+. The van der Waals surface area contributed by atoms with E-state index in [0.717, 1.165) is 0 Å². The zero-order chi connectivity index (χ0) is 10.7. The maximum absolute atomic E-state index is 11.5. The van der Waals surface area contributed by atoms with E-state index < -0.39 is 0 Å². The summed E-state index contributed by atoms with van der Waals surface area (Å²) in [5.41, 5.74) is 0.970. The third-order valence-electron chi connectivity index (χ3n) is 1.38. The zero-order valence-corrected chi connectivity index (χ0v) is 11.1. The molecule has 1 heterocycles. The predicted molar refractivity (Wildman–Crippen MR) is 66.0 cm³/mol. The summed E-state index contributed by atoms with van der Waals surface area (Å²) in [5, 5.41) is 0.548. The molecule has 0 bridgehead atoms. The van der Waals surface area contributed by atoms with Gasteiger partial charge in [-0.25, -0.2) is 4.98 Å². The molecule has 0 aliphatic heterocycles. The van der Waals surface area contributed by atoms with Crippen LogP contribution in [0, 0.1) is 3.57 Å². The van der Waals surface area contributed by atoms with E-state index in [1.54, 1.807) is 0 Å². The van der Waals surface area contributed by atoms with E-state index in [0.29, 0.717) is 8.60 Å². The average Bonchev–Trinajstić information content (AvgIpc) is 2.19. The lowest BCUT2D eigenvalue weighted by Crippen LogP contribution is -2.23. The highest BCUT2D eigenvalue weighted by Crippen LogP contribution is 2.11. The second-order valence-electron chi connectivity index (χ2n) is 2.34. The Kier molecular flexibility index (Phi) is 4.69. The van der Waals surface area contributed by atoms with Crippen LogP contribution in [0.15, 0.2) is 21.7 Å². The highest BCUT2D eigenvalue weighted by atomic mass is 127. The fourth-order valence-electron chi connectivity index (χ4n) is 0.754. The maximum Gasteiger partial charge on any atom is 0.268 e. The van der Waals surface area contributed by atoms with E-state index in [-0.39, 0.29) is 17.3 Å². The molecule has 0 aromatic carbocycles. The summed E-state index contributed by atoms with van der Waals surface area (Å²) in [4.78, 5) is 15.4. The number of hydrogen-bond donors (Lipinski definition) is 0. The smallest absolute Gasteiger partial charge is 0.268 e. The normalized spacial score (nSPS) is 11.9. The minimum atomic E-state index is -0.234. The molecule has 14 heavy (non-hydrogen) atoms. The SMILES string of the molecule is O=c1c(I)c(Cl)ncn1C/C(Cl)=C\Cl. The van der Waals surface area contributed by atoms with Gasteiger partial charge >= 0.3 is 0 Å². The van der Waals surface area contributed by atoms with Crippen molar-refractivity contribution in [3.63, 3.8) is 0 Å². The number of nitrogens with zero attached hydrogens (tertiary/aromatic N) is 2. The molecule has 1 aromatic rings. The fraction of sp³-hybridized carbons (Fsp3) is 0.143. The number of rotatable bonds is 2. The third-order valence-corrected chi connectivity index (χ3v) is 3.56. The molecule has 0 unspecified atom stereocenters. The van der Waals surface area contributed by atoms with Crippen LogP contribution >= 0.6 is 57.4 Å². The Morgan fingerprint density at radius 3 is 2.93 bits per heavy atom. The van der Waals surface area contributed by atoms with Crippen molar-refractivity contribution in [3.05, 3.63) is 36.0 Å². The maximum atomic E-state index is 11.5. The molecule has 3 nitrogen and oxygen atoms in total. The van der Waals surface area contributed by atoms with Gasteiger partial charge in [0.2, 0.25) is 0 Å². The summed E-state index contributed by atoms with van der Waals surface area (Å²) in [7, 11) is 0. The van der Waals surface area contributed by atoms with Crippen molar-refractivity contribution in [2.45, 2.75) is 6.54 Å². The van der Waals surface area contributed by atoms with Crippen LogP contribution in [0.5, 0.6) is 0 Å². The van der Waals surface area contributed by atoms with Crippen LogP contribution < -0.4 is 5.56 Å². The minimum absolute atomic E-state index is 0.192. The summed E-state index contributed by atoms with van der Waals surface area (Å²) in [5.74, 6) is 0. The monoisotopic (exact) mass is 364 g/mol. The Balaban J connectivity index is 3.13. The van der Waals surface area contributed by atoms with Crippen molar-refractivity contribution >= 4 is 57.4 Å². The lowest BCUT2D eigenvalue weighted by molar-refractivity contribution is 0.740. The molecule has 0 N–H and O–H groups in total. The van der Waals surface area contributed by atoms with Crippen LogP contribution in [-0.4, -0.2) is 9.55 Å². The van der Waals surface area contributed by atoms with Crippen LogP contribution in [-0.2, 0) is 6.54 Å². The molecule has 0 saturated heterocycles. The molecular formula is C7H4Cl3IN2O. The first-order valence-electron chi connectivity index (χ1n) is 3.41. The Morgan fingerprint density at radius 1 is 1.71 bits per heavy atom. The van der Waals surface area contributed by atoms with Crippen LogP contribution in [0.3, 0.4) is 0 Å². The molecule has 0 fully saturated rings. The summed E-state index contributed by atoms with van der Waals surface area (Å²) in [6, 6.07) is 0. The van der Waals surface area contributed by atoms with Gasteiger partial charge in [-0.05, 0) is 22.6 Å². The number of halogens is 4. The van der Waals surface area contributed by atoms with Crippen molar-refractivity contribution in [2.75, 3.05) is 0 Å². The van der Waals surface area contributed by atoms with Crippen molar-refractivity contribution in [2.24, 2.45) is 0 Å². The van der Waals surface area contributed by atoms with Gasteiger partial charge in [0.25, 0.3) is 5.56 Å². The summed E-state index contributed by atoms with van der Waals surface area (Å²) < 4.78 is 1.69. The molecule has 0 spiro atoms. The predicted octanol–water partition coefficient (Wildman–Crippen LogP) is 2.82. The highest BCUT2D eigenvalue weighted by Gasteiger charge is 2.07. The van der Waals surface area contributed by atoms with Crippen molar-refractivity contribution in [1.29, 1.82) is 0 Å². The van der Waals surface area contributed by atoms with Gasteiger partial charge in [-0.15, -0.1) is 0 Å². The number of aromatic nitrogens is 2. The lowest BCUT2D eigenvalue weighted by atomic mass is 10.5. The van der Waals surface area contributed by atoms with Gasteiger partial charge in [0.05, 0.1) is 12.9 Å². The second-order valence-corrected chi connectivity index (χ2v) is 4.48. The van der Waals surface area contributed by atoms with Crippen LogP contribution in [0.1, 0.15) is 0 Å². The van der Waals surface area contributed by atoms with Gasteiger partial charge in [-0.2, -0.15) is 0 Å². The van der Waals surface area contributed by atoms with Crippen molar-refractivity contribution in [3.8, 4) is 0 Å². The molecular weight excluding hydrogens is 361 g/mol. The van der Waals surface area contributed by atoms with Gasteiger partial charge in [-0.3, -0.25) is 9.36 Å². The molecule has 0 aliphatic carbocycles. The molecule has 0 radical (unpaired) electrons. The van der Waals surface area contributed by atoms with E-state index in [1.807, 2.05) is 22.6 Å². The van der Waals surface area contributed by atoms with Gasteiger partial charge in [-0.1, -0.05) is 34.8 Å². The number of hydrogen-bond acceptors (Lipinski definition) is 2. The van der Waals surface area contributed by atoms with E-state index in [4.69, 9.17) is 34.8 Å². The van der Waals surface area contributed by atoms with E-state index in [9.17, 15) is 4.79 Å². The molecule has 0 atom stereocenters. The van der Waals surface area contributed by atoms with E-state index >= 15 is 0 Å². The first-order chi connectivity index (χ1) is 6.56. The van der Waals surface area contributed by atoms with Gasteiger partial charge in [0.15, 0.2) is 0 Å². The average molecular weight is 365 g/mol. The van der Waals surface area contributed by atoms with Crippen molar-refractivity contribution in [1.82, 2.24) is 9.55 Å². The summed E-state index contributed by atoms with van der Waals surface area (Å²) in [6.45, 7) is 0.198. The second kappa shape index (κ2) is 5.34. The van der Waals surface area contributed by atoms with Crippen LogP contribution in [0.4, 0.5) is 0 Å². The Morgan fingerprint density at radius 2 is 2.36 bits per heavy atom. The van der Waals surface area contributed by atoms with Crippen LogP contribution in [0.2, 0.25) is 5.15 Å². The summed E-state index contributed by atoms with van der Waals surface area (Å²) >= 11 is 18.5. The first-order valence-corrected chi connectivity index (χ1v) is 5.68. The van der Waals surface area contributed by atoms with Gasteiger partial charge in [0.1, 0.15) is 8.72 Å². The van der Waals surface area contributed by atoms with Crippen LogP contribution in [0.25, 0.3) is 0 Å². The van der Waals surface area contributed by atoms with Gasteiger partial charge < -0.3 is 0 Å². The molecule has 76 valence electrons. The molecule has 0 amide bonds. The topological polar surface area (TPSA) is 34.9 Å². The zero-order valence-electron chi connectivity index (χ0n) is 6.68. The quantitative estimate of drug-likeness (QED) is 0.597. The third kappa shape index (κ3) is 2.85. The summed E-state index contributed by atoms with van der Waals surface area (Å²) in [6.07, 6.45) is 1.33. The Labute approximate surface area is 109 Å². The molecule has 7 heteroatoms. The Bertz CT molecular complexity index is 429. The van der Waals surface area contributed by atoms with Crippen molar-refractivity contribution < 1.29 is 0 Å². The fourth-order valence-corrected chi connectivity index (χ4v) is 1.53. The molecule has 1 aromatic heterocycles. The minimum Gasteiger partial charge on any atom is -0.293 e. The lowest BCUT2D eigenvalue weighted by Gasteiger charge is -2.04. The highest BCUT2D eigenvalue weighted by molar-refractivity contribution is 14.1. The first kappa shape index (κ1) is 12.3. The number of allylic oxidation sites excluding steroid dienone is 1. The molecule has 0 aliphatic rings. The molecule has 0 saturated carbocycles. The van der Waals surface area contributed by atoms with E-state index in [2.05, 4.69) is 4.98 Å². The Hall–Kier alpha value is 0.220. The molecule has 1 rings (SSSR count). The van der Waals surface area contributed by atoms with Gasteiger partial charge in [0, 0.05) is 10.6 Å². The largest absolute Gasteiger partial charge is 0.293 e.